The Kier molecular flexibility index (Phi) is 4.98. The van der Waals surface area contributed by atoms with Crippen molar-refractivity contribution in [3.8, 4) is 0 Å². The molecule has 0 saturated carbocycles. The van der Waals surface area contributed by atoms with Crippen LogP contribution in [0.25, 0.3) is 0 Å². The molecule has 1 rings (SSSR count). The van der Waals surface area contributed by atoms with Crippen molar-refractivity contribution in [2.24, 2.45) is 0 Å². The number of nitrogens with zero attached hydrogens (tertiary/aromatic N) is 1. The Hall–Kier alpha value is -0.680. The number of nitrogens with one attached hydrogen (secondary N) is 1. The van der Waals surface area contributed by atoms with Gasteiger partial charge in [-0.2, -0.15) is 0 Å². The lowest BCUT2D eigenvalue weighted by Crippen LogP contribution is -2.20. The summed E-state index contributed by atoms with van der Waals surface area (Å²) in [6, 6.07) is 1.33. The third-order valence-corrected chi connectivity index (χ3v) is 2.37. The highest BCUT2D eigenvalue weighted by Gasteiger charge is 2.06. The molecular formula is C10H14BrFN2O. The van der Waals surface area contributed by atoms with Gasteiger partial charge in [0.1, 0.15) is 0 Å². The molecule has 0 aromatic carbocycles. The van der Waals surface area contributed by atoms with Gasteiger partial charge >= 0.3 is 0 Å². The molecule has 0 radical (unpaired) electrons. The first kappa shape index (κ1) is 12.4. The molecule has 0 aliphatic heterocycles. The van der Waals surface area contributed by atoms with Crippen molar-refractivity contribution < 1.29 is 9.50 Å². The van der Waals surface area contributed by atoms with Gasteiger partial charge in [0.2, 0.25) is 0 Å². The van der Waals surface area contributed by atoms with E-state index in [-0.39, 0.29) is 5.82 Å². The molecule has 1 aromatic heterocycles. The number of hydrogen-bond donors (Lipinski definition) is 2. The summed E-state index contributed by atoms with van der Waals surface area (Å²) in [6.45, 7) is 2.31. The summed E-state index contributed by atoms with van der Waals surface area (Å²) < 4.78 is 13.8. The minimum absolute atomic E-state index is 0.174. The van der Waals surface area contributed by atoms with Crippen molar-refractivity contribution >= 4 is 21.7 Å². The number of aromatic nitrogens is 1. The van der Waals surface area contributed by atoms with Crippen molar-refractivity contribution in [2.75, 3.05) is 11.9 Å². The Labute approximate surface area is 96.9 Å². The van der Waals surface area contributed by atoms with E-state index in [2.05, 4.69) is 26.2 Å². The van der Waals surface area contributed by atoms with Crippen molar-refractivity contribution in [3.63, 3.8) is 0 Å². The highest BCUT2D eigenvalue weighted by atomic mass is 79.9. The van der Waals surface area contributed by atoms with Crippen LogP contribution in [0.4, 0.5) is 10.2 Å². The fourth-order valence-electron chi connectivity index (χ4n) is 1.19. The molecule has 1 unspecified atom stereocenters. The molecule has 84 valence electrons. The van der Waals surface area contributed by atoms with Crippen molar-refractivity contribution in [3.05, 3.63) is 22.6 Å². The summed E-state index contributed by atoms with van der Waals surface area (Å²) >= 11 is 3.12. The molecule has 0 aliphatic rings. The highest BCUT2D eigenvalue weighted by molar-refractivity contribution is 9.10. The van der Waals surface area contributed by atoms with Gasteiger partial charge in [0, 0.05) is 17.2 Å². The zero-order valence-corrected chi connectivity index (χ0v) is 10.1. The van der Waals surface area contributed by atoms with Crippen molar-refractivity contribution in [1.29, 1.82) is 0 Å². The van der Waals surface area contributed by atoms with Crippen LogP contribution in [-0.2, 0) is 0 Å². The number of aliphatic hydroxyl groups excluding tert-OH is 1. The maximum atomic E-state index is 13.3. The van der Waals surface area contributed by atoms with E-state index in [1.54, 1.807) is 0 Å². The normalized spacial score (nSPS) is 12.5. The predicted molar refractivity (Wildman–Crippen MR) is 61.3 cm³/mol. The van der Waals surface area contributed by atoms with Crippen LogP contribution >= 0.6 is 15.9 Å². The monoisotopic (exact) mass is 276 g/mol. The number of pyridine rings is 1. The van der Waals surface area contributed by atoms with E-state index in [9.17, 15) is 9.50 Å². The molecule has 1 heterocycles. The summed E-state index contributed by atoms with van der Waals surface area (Å²) in [6.07, 6.45) is 2.65. The summed E-state index contributed by atoms with van der Waals surface area (Å²) in [5, 5.41) is 12.2. The first-order chi connectivity index (χ1) is 7.13. The van der Waals surface area contributed by atoms with Gasteiger partial charge in [-0.3, -0.25) is 0 Å². The summed E-state index contributed by atoms with van der Waals surface area (Å²) in [5.41, 5.74) is 0. The number of aliphatic hydroxyl groups is 1. The average molecular weight is 277 g/mol. The number of halogens is 2. The molecule has 0 saturated heterocycles. The quantitative estimate of drug-likeness (QED) is 0.869. The Morgan fingerprint density at radius 2 is 2.40 bits per heavy atom. The number of anilines is 1. The maximum Gasteiger partial charge on any atom is 0.166 e. The minimum atomic E-state index is -0.458. The van der Waals surface area contributed by atoms with Crippen LogP contribution in [0.3, 0.4) is 0 Å². The topological polar surface area (TPSA) is 45.1 Å². The van der Waals surface area contributed by atoms with Gasteiger partial charge in [-0.05, 0) is 28.4 Å². The Morgan fingerprint density at radius 1 is 1.67 bits per heavy atom. The highest BCUT2D eigenvalue weighted by Crippen LogP contribution is 2.16. The molecule has 15 heavy (non-hydrogen) atoms. The second kappa shape index (κ2) is 6.02. The molecule has 1 atom stereocenters. The van der Waals surface area contributed by atoms with Crippen LogP contribution in [0.2, 0.25) is 0 Å². The van der Waals surface area contributed by atoms with Gasteiger partial charge in [0.25, 0.3) is 0 Å². The molecule has 0 spiro atoms. The molecule has 2 N–H and O–H groups in total. The van der Waals surface area contributed by atoms with E-state index in [1.165, 1.54) is 12.3 Å². The van der Waals surface area contributed by atoms with E-state index in [0.29, 0.717) is 17.4 Å². The fourth-order valence-corrected chi connectivity index (χ4v) is 1.50. The second-order valence-corrected chi connectivity index (χ2v) is 4.22. The Bertz CT molecular complexity index is 322. The number of hydrogen-bond acceptors (Lipinski definition) is 3. The van der Waals surface area contributed by atoms with Crippen molar-refractivity contribution in [2.45, 2.75) is 25.9 Å². The molecule has 3 nitrogen and oxygen atoms in total. The van der Waals surface area contributed by atoms with Crippen LogP contribution in [0.15, 0.2) is 16.7 Å². The molecule has 0 fully saturated rings. The summed E-state index contributed by atoms with van der Waals surface area (Å²) in [7, 11) is 0. The largest absolute Gasteiger partial charge is 0.391 e. The van der Waals surface area contributed by atoms with Crippen LogP contribution in [0.5, 0.6) is 0 Å². The van der Waals surface area contributed by atoms with E-state index in [4.69, 9.17) is 0 Å². The lowest BCUT2D eigenvalue weighted by atomic mass is 10.2. The fraction of sp³-hybridized carbons (Fsp3) is 0.500. The van der Waals surface area contributed by atoms with Crippen LogP contribution < -0.4 is 5.32 Å². The van der Waals surface area contributed by atoms with E-state index < -0.39 is 11.9 Å². The molecule has 5 heteroatoms. The van der Waals surface area contributed by atoms with Crippen LogP contribution in [-0.4, -0.2) is 22.7 Å². The lowest BCUT2D eigenvalue weighted by molar-refractivity contribution is 0.176. The van der Waals surface area contributed by atoms with Gasteiger partial charge in [-0.15, -0.1) is 0 Å². The van der Waals surface area contributed by atoms with Gasteiger partial charge in [-0.1, -0.05) is 13.3 Å². The van der Waals surface area contributed by atoms with E-state index >= 15 is 0 Å². The smallest absolute Gasteiger partial charge is 0.166 e. The van der Waals surface area contributed by atoms with Gasteiger partial charge < -0.3 is 10.4 Å². The zero-order chi connectivity index (χ0) is 11.3. The summed E-state index contributed by atoms with van der Waals surface area (Å²) in [4.78, 5) is 3.87. The lowest BCUT2D eigenvalue weighted by Gasteiger charge is -2.11. The second-order valence-electron chi connectivity index (χ2n) is 3.31. The molecule has 0 bridgehead atoms. The number of rotatable bonds is 5. The third kappa shape index (κ3) is 4.13. The maximum absolute atomic E-state index is 13.3. The standard InChI is InChI=1S/C10H14BrFN2O/c1-2-3-8(15)6-14-10-9(12)4-7(11)5-13-10/h4-5,8,15H,2-3,6H2,1H3,(H,13,14). The van der Waals surface area contributed by atoms with Crippen LogP contribution in [0.1, 0.15) is 19.8 Å². The first-order valence-electron chi connectivity index (χ1n) is 4.86. The predicted octanol–water partition coefficient (Wildman–Crippen LogP) is 2.56. The summed E-state index contributed by atoms with van der Waals surface area (Å²) in [5.74, 6) is -0.249. The Balaban J connectivity index is 2.50. The average Bonchev–Trinajstić information content (AvgIpc) is 2.17. The minimum Gasteiger partial charge on any atom is -0.391 e. The first-order valence-corrected chi connectivity index (χ1v) is 5.65. The molecular weight excluding hydrogens is 263 g/mol. The SMILES string of the molecule is CCCC(O)CNc1ncc(Br)cc1F. The molecule has 0 aliphatic carbocycles. The molecule has 1 aromatic rings. The van der Waals surface area contributed by atoms with Crippen LogP contribution in [0, 0.1) is 5.82 Å². The third-order valence-electron chi connectivity index (χ3n) is 1.93. The molecule has 0 amide bonds. The zero-order valence-electron chi connectivity index (χ0n) is 8.50. The Morgan fingerprint density at radius 3 is 3.00 bits per heavy atom. The van der Waals surface area contributed by atoms with E-state index in [1.807, 2.05) is 6.92 Å². The van der Waals surface area contributed by atoms with E-state index in [0.717, 1.165) is 6.42 Å². The van der Waals surface area contributed by atoms with Gasteiger partial charge in [0.05, 0.1) is 6.10 Å². The van der Waals surface area contributed by atoms with Gasteiger partial charge in [-0.25, -0.2) is 9.37 Å². The van der Waals surface area contributed by atoms with Gasteiger partial charge in [0.15, 0.2) is 11.6 Å². The van der Waals surface area contributed by atoms with Crippen molar-refractivity contribution in [1.82, 2.24) is 4.98 Å².